The van der Waals surface area contributed by atoms with E-state index in [1.54, 1.807) is 7.11 Å². The lowest BCUT2D eigenvalue weighted by Gasteiger charge is -2.12. The third kappa shape index (κ3) is 3.27. The lowest BCUT2D eigenvalue weighted by molar-refractivity contribution is 0.201. The van der Waals surface area contributed by atoms with Crippen LogP contribution in [0.25, 0.3) is 11.1 Å². The molecule has 2 aromatic carbocycles. The first kappa shape index (κ1) is 14.8. The molecule has 0 spiro atoms. The number of hydrogen-bond acceptors (Lipinski definition) is 2. The summed E-state index contributed by atoms with van der Waals surface area (Å²) >= 11 is 0. The molecule has 0 unspecified atom stereocenters. The van der Waals surface area contributed by atoms with Gasteiger partial charge in [0.2, 0.25) is 0 Å². The number of ether oxygens (including phenoxy) is 1. The molecule has 2 nitrogen and oxygen atoms in total. The van der Waals surface area contributed by atoms with E-state index in [9.17, 15) is 5.11 Å². The van der Waals surface area contributed by atoms with Gasteiger partial charge in [0.15, 0.2) is 0 Å². The van der Waals surface area contributed by atoms with Gasteiger partial charge in [-0.15, -0.1) is 0 Å². The molecular weight excluding hydrogens is 248 g/mol. The molecule has 106 valence electrons. The van der Waals surface area contributed by atoms with Crippen LogP contribution in [-0.4, -0.2) is 18.8 Å². The summed E-state index contributed by atoms with van der Waals surface area (Å²) in [6.45, 7) is 2.92. The fraction of sp³-hybridized carbons (Fsp3) is 0.333. The summed E-state index contributed by atoms with van der Waals surface area (Å²) in [5.41, 5.74) is 5.99. The molecule has 1 N–H and O–H groups in total. The second-order valence-electron chi connectivity index (χ2n) is 4.90. The molecular formula is C18H22O2. The number of benzene rings is 2. The quantitative estimate of drug-likeness (QED) is 0.869. The van der Waals surface area contributed by atoms with E-state index in [4.69, 9.17) is 4.74 Å². The molecule has 0 fully saturated rings. The summed E-state index contributed by atoms with van der Waals surface area (Å²) < 4.78 is 5.15. The Hall–Kier alpha value is -1.64. The summed E-state index contributed by atoms with van der Waals surface area (Å²) in [5.74, 6) is 0. The minimum Gasteiger partial charge on any atom is -0.392 e. The minimum atomic E-state index is 0.0781. The fourth-order valence-corrected chi connectivity index (χ4v) is 2.50. The Balaban J connectivity index is 2.41. The highest BCUT2D eigenvalue weighted by molar-refractivity contribution is 5.68. The van der Waals surface area contributed by atoms with Crippen LogP contribution in [0.5, 0.6) is 0 Å². The predicted octanol–water partition coefficient (Wildman–Crippen LogP) is 3.60. The van der Waals surface area contributed by atoms with Gasteiger partial charge in [0.05, 0.1) is 13.2 Å². The van der Waals surface area contributed by atoms with Gasteiger partial charge in [-0.1, -0.05) is 49.4 Å². The number of methoxy groups -OCH3 is 1. The van der Waals surface area contributed by atoms with Gasteiger partial charge in [0.25, 0.3) is 0 Å². The molecule has 2 heteroatoms. The van der Waals surface area contributed by atoms with E-state index in [0.717, 1.165) is 24.0 Å². The highest BCUT2D eigenvalue weighted by Gasteiger charge is 2.07. The van der Waals surface area contributed by atoms with Crippen molar-refractivity contribution in [3.63, 3.8) is 0 Å². The summed E-state index contributed by atoms with van der Waals surface area (Å²) in [6, 6.07) is 14.8. The Kier molecular flexibility index (Phi) is 5.33. The van der Waals surface area contributed by atoms with Crippen molar-refractivity contribution in [2.75, 3.05) is 13.7 Å². The third-order valence-corrected chi connectivity index (χ3v) is 3.66. The van der Waals surface area contributed by atoms with Crippen molar-refractivity contribution in [3.05, 3.63) is 59.2 Å². The van der Waals surface area contributed by atoms with Crippen molar-refractivity contribution in [3.8, 4) is 11.1 Å². The van der Waals surface area contributed by atoms with E-state index in [0.29, 0.717) is 6.61 Å². The zero-order chi connectivity index (χ0) is 14.4. The maximum Gasteiger partial charge on any atom is 0.0684 e. The molecule has 0 saturated carbocycles. The zero-order valence-electron chi connectivity index (χ0n) is 12.2. The number of aryl methyl sites for hydroxylation is 1. The van der Waals surface area contributed by atoms with E-state index in [1.165, 1.54) is 16.7 Å². The third-order valence-electron chi connectivity index (χ3n) is 3.66. The van der Waals surface area contributed by atoms with Crippen molar-refractivity contribution in [1.82, 2.24) is 0 Å². The highest BCUT2D eigenvalue weighted by Crippen LogP contribution is 2.26. The summed E-state index contributed by atoms with van der Waals surface area (Å²) in [6.07, 6.45) is 1.85. The molecule has 0 atom stereocenters. The first-order valence-electron chi connectivity index (χ1n) is 7.10. The maximum atomic E-state index is 9.44. The van der Waals surface area contributed by atoms with Crippen LogP contribution in [0.4, 0.5) is 0 Å². The van der Waals surface area contributed by atoms with E-state index in [2.05, 4.69) is 43.3 Å². The Morgan fingerprint density at radius 1 is 1.00 bits per heavy atom. The molecule has 0 radical (unpaired) electrons. The van der Waals surface area contributed by atoms with E-state index < -0.39 is 0 Å². The first-order chi connectivity index (χ1) is 9.80. The average Bonchev–Trinajstić information content (AvgIpc) is 2.52. The average molecular weight is 270 g/mol. The van der Waals surface area contributed by atoms with Gasteiger partial charge in [-0.05, 0) is 40.7 Å². The summed E-state index contributed by atoms with van der Waals surface area (Å²) in [5, 5.41) is 9.44. The van der Waals surface area contributed by atoms with E-state index in [1.807, 2.05) is 6.07 Å². The topological polar surface area (TPSA) is 29.5 Å². The molecule has 0 bridgehead atoms. The molecule has 2 rings (SSSR count). The van der Waals surface area contributed by atoms with Crippen LogP contribution in [0.2, 0.25) is 0 Å². The molecule has 0 aliphatic rings. The highest BCUT2D eigenvalue weighted by atomic mass is 16.5. The van der Waals surface area contributed by atoms with E-state index >= 15 is 0 Å². The lowest BCUT2D eigenvalue weighted by atomic mass is 9.94. The van der Waals surface area contributed by atoms with Crippen molar-refractivity contribution in [2.24, 2.45) is 0 Å². The first-order valence-corrected chi connectivity index (χ1v) is 7.10. The predicted molar refractivity (Wildman–Crippen MR) is 82.8 cm³/mol. The SMILES string of the molecule is CCc1ccccc1-c1ccc(CO)c(CCOC)c1. The molecule has 2 aromatic rings. The molecule has 0 heterocycles. The van der Waals surface area contributed by atoms with Crippen molar-refractivity contribution in [2.45, 2.75) is 26.4 Å². The molecule has 0 aliphatic carbocycles. The summed E-state index contributed by atoms with van der Waals surface area (Å²) in [7, 11) is 1.70. The number of aliphatic hydroxyl groups is 1. The van der Waals surface area contributed by atoms with Crippen LogP contribution in [0.15, 0.2) is 42.5 Å². The fourth-order valence-electron chi connectivity index (χ4n) is 2.50. The van der Waals surface area contributed by atoms with Crippen molar-refractivity contribution in [1.29, 1.82) is 0 Å². The van der Waals surface area contributed by atoms with Crippen LogP contribution < -0.4 is 0 Å². The van der Waals surface area contributed by atoms with Crippen LogP contribution in [0, 0.1) is 0 Å². The van der Waals surface area contributed by atoms with Gasteiger partial charge in [0, 0.05) is 7.11 Å². The van der Waals surface area contributed by atoms with E-state index in [-0.39, 0.29) is 6.61 Å². The van der Waals surface area contributed by atoms with Gasteiger partial charge in [-0.25, -0.2) is 0 Å². The number of hydrogen-bond donors (Lipinski definition) is 1. The van der Waals surface area contributed by atoms with Gasteiger partial charge in [-0.2, -0.15) is 0 Å². The number of aliphatic hydroxyl groups excluding tert-OH is 1. The molecule has 0 aromatic heterocycles. The van der Waals surface area contributed by atoms with Gasteiger partial charge >= 0.3 is 0 Å². The van der Waals surface area contributed by atoms with Crippen molar-refractivity contribution < 1.29 is 9.84 Å². The molecule has 0 aliphatic heterocycles. The smallest absolute Gasteiger partial charge is 0.0684 e. The Morgan fingerprint density at radius 3 is 2.50 bits per heavy atom. The lowest BCUT2D eigenvalue weighted by Crippen LogP contribution is -2.00. The summed E-state index contributed by atoms with van der Waals surface area (Å²) in [4.78, 5) is 0. The standard InChI is InChI=1S/C18H22O2/c1-3-14-6-4-5-7-18(14)16-8-9-17(13-19)15(12-16)10-11-20-2/h4-9,12,19H,3,10-11,13H2,1-2H3. The molecule has 20 heavy (non-hydrogen) atoms. The maximum absolute atomic E-state index is 9.44. The van der Waals surface area contributed by atoms with Gasteiger partial charge in [-0.3, -0.25) is 0 Å². The Bertz CT molecular complexity index is 561. The Morgan fingerprint density at radius 2 is 1.80 bits per heavy atom. The van der Waals surface area contributed by atoms with Crippen LogP contribution in [0.1, 0.15) is 23.6 Å². The second-order valence-corrected chi connectivity index (χ2v) is 4.90. The van der Waals surface area contributed by atoms with Gasteiger partial charge in [0.1, 0.15) is 0 Å². The van der Waals surface area contributed by atoms with Crippen LogP contribution in [0.3, 0.4) is 0 Å². The second kappa shape index (κ2) is 7.22. The van der Waals surface area contributed by atoms with Gasteiger partial charge < -0.3 is 9.84 Å². The van der Waals surface area contributed by atoms with Crippen molar-refractivity contribution >= 4 is 0 Å². The molecule has 0 saturated heterocycles. The molecule has 0 amide bonds. The minimum absolute atomic E-state index is 0.0781. The zero-order valence-corrected chi connectivity index (χ0v) is 12.2. The largest absolute Gasteiger partial charge is 0.392 e. The van der Waals surface area contributed by atoms with Crippen LogP contribution >= 0.6 is 0 Å². The number of rotatable bonds is 6. The monoisotopic (exact) mass is 270 g/mol. The normalized spacial score (nSPS) is 10.8. The van der Waals surface area contributed by atoms with Crippen LogP contribution in [-0.2, 0) is 24.2 Å². The Labute approximate surface area is 121 Å².